The lowest BCUT2D eigenvalue weighted by Gasteiger charge is -2.22. The van der Waals surface area contributed by atoms with Crippen LogP contribution in [0.1, 0.15) is 18.1 Å². The highest BCUT2D eigenvalue weighted by molar-refractivity contribution is 6.31. The molecule has 5 nitrogen and oxygen atoms in total. The quantitative estimate of drug-likeness (QED) is 0.824. The minimum absolute atomic E-state index is 0.00711. The van der Waals surface area contributed by atoms with E-state index in [0.29, 0.717) is 10.6 Å². The van der Waals surface area contributed by atoms with Gasteiger partial charge in [0.25, 0.3) is 5.91 Å². The third-order valence-corrected chi connectivity index (χ3v) is 3.76. The van der Waals surface area contributed by atoms with Gasteiger partial charge in [0.2, 0.25) is 0 Å². The van der Waals surface area contributed by atoms with E-state index in [-0.39, 0.29) is 19.1 Å². The molecule has 1 aliphatic rings. The molecule has 0 saturated carbocycles. The number of hydrogen-bond acceptors (Lipinski definition) is 3. The smallest absolute Gasteiger partial charge is 0.325 e. The number of benzene rings is 1. The summed E-state index contributed by atoms with van der Waals surface area (Å²) in [5.41, 5.74) is 0.401. The molecule has 19 heavy (non-hydrogen) atoms. The van der Waals surface area contributed by atoms with Crippen LogP contribution in [0.2, 0.25) is 5.02 Å². The minimum atomic E-state index is -1.11. The van der Waals surface area contributed by atoms with Crippen LogP contribution in [0.4, 0.5) is 4.79 Å². The number of urea groups is 1. The van der Waals surface area contributed by atoms with Crippen LogP contribution in [0.5, 0.6) is 0 Å². The second-order valence-corrected chi connectivity index (χ2v) is 5.11. The first kappa shape index (κ1) is 13.8. The third-order valence-electron chi connectivity index (χ3n) is 3.33. The molecule has 1 fully saturated rings. The summed E-state index contributed by atoms with van der Waals surface area (Å²) in [6.45, 7) is 3.22. The van der Waals surface area contributed by atoms with Gasteiger partial charge in [0, 0.05) is 5.02 Å². The van der Waals surface area contributed by atoms with Gasteiger partial charge in [-0.2, -0.15) is 0 Å². The first-order chi connectivity index (χ1) is 8.90. The lowest BCUT2D eigenvalue weighted by Crippen LogP contribution is -2.41. The molecule has 0 aromatic heterocycles. The van der Waals surface area contributed by atoms with Crippen molar-refractivity contribution in [1.29, 1.82) is 0 Å². The molecule has 1 heterocycles. The number of halogens is 1. The van der Waals surface area contributed by atoms with E-state index in [2.05, 4.69) is 5.32 Å². The predicted molar refractivity (Wildman–Crippen MR) is 70.9 cm³/mol. The highest BCUT2D eigenvalue weighted by Crippen LogP contribution is 2.30. The number of carbonyl (C=O) groups excluding carboxylic acids is 2. The van der Waals surface area contributed by atoms with Crippen LogP contribution in [0.15, 0.2) is 18.2 Å². The molecule has 0 radical (unpaired) electrons. The van der Waals surface area contributed by atoms with Gasteiger partial charge in [0.15, 0.2) is 0 Å². The van der Waals surface area contributed by atoms with E-state index in [9.17, 15) is 9.59 Å². The Kier molecular flexibility index (Phi) is 3.52. The lowest BCUT2D eigenvalue weighted by atomic mass is 9.91. The molecule has 6 heteroatoms. The zero-order valence-electron chi connectivity index (χ0n) is 10.7. The van der Waals surface area contributed by atoms with E-state index < -0.39 is 11.6 Å². The van der Waals surface area contributed by atoms with E-state index in [1.54, 1.807) is 25.1 Å². The lowest BCUT2D eigenvalue weighted by molar-refractivity contribution is -0.131. The molecular weight excluding hydrogens is 268 g/mol. The topological polar surface area (TPSA) is 69.6 Å². The molecule has 2 rings (SSSR count). The van der Waals surface area contributed by atoms with E-state index in [4.69, 9.17) is 16.7 Å². The number of amides is 3. The summed E-state index contributed by atoms with van der Waals surface area (Å²) < 4.78 is 0. The number of carbonyl (C=O) groups is 2. The van der Waals surface area contributed by atoms with Gasteiger partial charge >= 0.3 is 6.03 Å². The maximum Gasteiger partial charge on any atom is 0.325 e. The third kappa shape index (κ3) is 2.19. The van der Waals surface area contributed by atoms with Gasteiger partial charge in [-0.25, -0.2) is 4.79 Å². The van der Waals surface area contributed by atoms with Crippen LogP contribution in [0.25, 0.3) is 0 Å². The Morgan fingerprint density at radius 3 is 2.68 bits per heavy atom. The maximum atomic E-state index is 12.3. The molecule has 0 aliphatic carbocycles. The van der Waals surface area contributed by atoms with Crippen molar-refractivity contribution >= 4 is 23.5 Å². The number of aliphatic hydroxyl groups excluding tert-OH is 1. The fourth-order valence-corrected chi connectivity index (χ4v) is 2.27. The number of β-amino-alcohol motifs (C(OH)–C–C–N with tert-alkyl or cyclic N) is 1. The monoisotopic (exact) mass is 282 g/mol. The highest BCUT2D eigenvalue weighted by atomic mass is 35.5. The summed E-state index contributed by atoms with van der Waals surface area (Å²) in [4.78, 5) is 25.1. The van der Waals surface area contributed by atoms with Crippen LogP contribution in [-0.2, 0) is 10.3 Å². The van der Waals surface area contributed by atoms with Crippen molar-refractivity contribution in [3.8, 4) is 0 Å². The molecule has 1 atom stereocenters. The van der Waals surface area contributed by atoms with Crippen molar-refractivity contribution in [2.24, 2.45) is 0 Å². The zero-order valence-corrected chi connectivity index (χ0v) is 11.5. The molecule has 1 aliphatic heterocycles. The Balaban J connectivity index is 2.40. The minimum Gasteiger partial charge on any atom is -0.395 e. The van der Waals surface area contributed by atoms with E-state index >= 15 is 0 Å². The number of nitrogens with zero attached hydrogens (tertiary/aromatic N) is 1. The summed E-state index contributed by atoms with van der Waals surface area (Å²) in [7, 11) is 0. The van der Waals surface area contributed by atoms with Crippen molar-refractivity contribution in [3.63, 3.8) is 0 Å². The Hall–Kier alpha value is -1.59. The van der Waals surface area contributed by atoms with Gasteiger partial charge in [0.05, 0.1) is 13.2 Å². The summed E-state index contributed by atoms with van der Waals surface area (Å²) >= 11 is 5.96. The number of imide groups is 1. The molecule has 0 bridgehead atoms. The first-order valence-corrected chi connectivity index (χ1v) is 6.29. The summed E-state index contributed by atoms with van der Waals surface area (Å²) in [6.07, 6.45) is 0. The van der Waals surface area contributed by atoms with E-state index in [0.717, 1.165) is 10.5 Å². The van der Waals surface area contributed by atoms with Gasteiger partial charge in [-0.05, 0) is 31.0 Å². The van der Waals surface area contributed by atoms with Gasteiger partial charge in [-0.3, -0.25) is 9.69 Å². The van der Waals surface area contributed by atoms with Crippen molar-refractivity contribution < 1.29 is 14.7 Å². The average molecular weight is 283 g/mol. The Morgan fingerprint density at radius 1 is 1.42 bits per heavy atom. The zero-order chi connectivity index (χ0) is 14.2. The molecule has 1 unspecified atom stereocenters. The summed E-state index contributed by atoms with van der Waals surface area (Å²) in [6, 6.07) is 4.71. The largest absolute Gasteiger partial charge is 0.395 e. The number of aliphatic hydroxyl groups is 1. The van der Waals surface area contributed by atoms with Crippen LogP contribution in [-0.4, -0.2) is 35.1 Å². The SMILES string of the molecule is Cc1cc(C2(C)NC(=O)N(CCO)C2=O)ccc1Cl. The van der Waals surface area contributed by atoms with Gasteiger partial charge in [-0.15, -0.1) is 0 Å². The Labute approximate surface area is 116 Å². The first-order valence-electron chi connectivity index (χ1n) is 5.91. The molecule has 1 saturated heterocycles. The summed E-state index contributed by atoms with van der Waals surface area (Å²) in [5, 5.41) is 12.2. The molecule has 1 aromatic carbocycles. The molecule has 2 N–H and O–H groups in total. The second kappa shape index (κ2) is 4.83. The van der Waals surface area contributed by atoms with E-state index in [1.807, 2.05) is 6.92 Å². The van der Waals surface area contributed by atoms with Gasteiger partial charge in [-0.1, -0.05) is 23.7 Å². The van der Waals surface area contributed by atoms with Crippen LogP contribution < -0.4 is 5.32 Å². The molecule has 1 aromatic rings. The van der Waals surface area contributed by atoms with Gasteiger partial charge in [0.1, 0.15) is 5.54 Å². The molecule has 0 spiro atoms. The standard InChI is InChI=1S/C13H15ClN2O3/c1-8-7-9(3-4-10(8)14)13(2)11(18)16(5-6-17)12(19)15-13/h3-4,7,17H,5-6H2,1-2H3,(H,15,19). The number of aryl methyl sites for hydroxylation is 1. The second-order valence-electron chi connectivity index (χ2n) is 4.70. The van der Waals surface area contributed by atoms with Crippen LogP contribution in [0.3, 0.4) is 0 Å². The number of rotatable bonds is 3. The van der Waals surface area contributed by atoms with Crippen LogP contribution >= 0.6 is 11.6 Å². The van der Waals surface area contributed by atoms with E-state index in [1.165, 1.54) is 0 Å². The number of nitrogens with one attached hydrogen (secondary N) is 1. The average Bonchev–Trinajstić information content (AvgIpc) is 2.58. The van der Waals surface area contributed by atoms with Crippen molar-refractivity contribution in [2.45, 2.75) is 19.4 Å². The Morgan fingerprint density at radius 2 is 2.11 bits per heavy atom. The predicted octanol–water partition coefficient (Wildman–Crippen LogP) is 1.41. The Bertz CT molecular complexity index is 547. The summed E-state index contributed by atoms with van der Waals surface area (Å²) in [5.74, 6) is -0.367. The van der Waals surface area contributed by atoms with Crippen molar-refractivity contribution in [3.05, 3.63) is 34.3 Å². The highest BCUT2D eigenvalue weighted by Gasteiger charge is 2.48. The van der Waals surface area contributed by atoms with Gasteiger partial charge < -0.3 is 10.4 Å². The van der Waals surface area contributed by atoms with Crippen molar-refractivity contribution in [1.82, 2.24) is 10.2 Å². The van der Waals surface area contributed by atoms with Crippen molar-refractivity contribution in [2.75, 3.05) is 13.2 Å². The van der Waals surface area contributed by atoms with Crippen LogP contribution in [0, 0.1) is 6.92 Å². The molecule has 3 amide bonds. The fourth-order valence-electron chi connectivity index (χ4n) is 2.15. The molecular formula is C13H15ClN2O3. The fraction of sp³-hybridized carbons (Fsp3) is 0.385. The molecule has 102 valence electrons. The normalized spacial score (nSPS) is 22.8. The number of hydrogen-bond donors (Lipinski definition) is 2. The maximum absolute atomic E-state index is 12.3.